The molecule has 1 atom stereocenters. The van der Waals surface area contributed by atoms with Gasteiger partial charge in [-0.1, -0.05) is 6.07 Å². The molecule has 1 aromatic heterocycles. The van der Waals surface area contributed by atoms with Crippen LogP contribution in [0.25, 0.3) is 0 Å². The van der Waals surface area contributed by atoms with E-state index in [1.54, 1.807) is 20.4 Å². The lowest BCUT2D eigenvalue weighted by Crippen LogP contribution is -2.47. The fourth-order valence-electron chi connectivity index (χ4n) is 3.02. The molecular weight excluding hydrogens is 338 g/mol. The average Bonchev–Trinajstić information content (AvgIpc) is 2.68. The summed E-state index contributed by atoms with van der Waals surface area (Å²) >= 11 is 0. The molecule has 3 rings (SSSR count). The third-order valence-electron chi connectivity index (χ3n) is 4.38. The summed E-state index contributed by atoms with van der Waals surface area (Å²) in [5, 5.41) is 0. The van der Waals surface area contributed by atoms with Gasteiger partial charge in [-0.25, -0.2) is 13.5 Å². The number of piperazine rings is 1. The maximum Gasteiger partial charge on any atom is 0.142 e. The molecule has 1 aliphatic rings. The number of ether oxygens (including phenoxy) is 2. The van der Waals surface area contributed by atoms with E-state index in [0.717, 1.165) is 30.2 Å². The zero-order valence-corrected chi connectivity index (χ0v) is 15.6. The van der Waals surface area contributed by atoms with E-state index < -0.39 is 11.0 Å². The lowest BCUT2D eigenvalue weighted by molar-refractivity contribution is 0.376. The third kappa shape index (κ3) is 3.62. The number of rotatable bonds is 5. The van der Waals surface area contributed by atoms with E-state index in [9.17, 15) is 4.21 Å². The van der Waals surface area contributed by atoms with Crippen LogP contribution in [-0.4, -0.2) is 53.9 Å². The highest BCUT2D eigenvalue weighted by Gasteiger charge is 2.26. The first-order valence-corrected chi connectivity index (χ1v) is 9.30. The second kappa shape index (κ2) is 7.84. The molecule has 6 nitrogen and oxygen atoms in total. The summed E-state index contributed by atoms with van der Waals surface area (Å²) in [5.41, 5.74) is 0.864. The van der Waals surface area contributed by atoms with Gasteiger partial charge in [0.25, 0.3) is 0 Å². The highest BCUT2D eigenvalue weighted by atomic mass is 32.2. The first-order valence-electron chi connectivity index (χ1n) is 8.20. The second-order valence-corrected chi connectivity index (χ2v) is 7.23. The summed E-state index contributed by atoms with van der Waals surface area (Å²) < 4.78 is 25.9. The SMILES string of the molecule is COc1ccc([S@](=O)N2CCN(c3ccccn3)CC2)c(OC)c1C. The number of anilines is 1. The minimum atomic E-state index is -1.27. The van der Waals surface area contributed by atoms with Gasteiger partial charge in [0.1, 0.15) is 28.3 Å². The monoisotopic (exact) mass is 361 g/mol. The zero-order chi connectivity index (χ0) is 17.8. The Hall–Kier alpha value is -2.12. The van der Waals surface area contributed by atoms with Gasteiger partial charge in [0.2, 0.25) is 0 Å². The standard InChI is InChI=1S/C18H23N3O3S/c1-14-15(23-2)7-8-16(18(14)24-3)25(22)21-12-10-20(11-13-21)17-6-4-5-9-19-17/h4-9H,10-13H2,1-3H3/t25-/m0/s1. The van der Waals surface area contributed by atoms with Gasteiger partial charge in [0.15, 0.2) is 0 Å². The van der Waals surface area contributed by atoms with Gasteiger partial charge in [-0.05, 0) is 31.2 Å². The quantitative estimate of drug-likeness (QED) is 0.818. The lowest BCUT2D eigenvalue weighted by Gasteiger charge is -2.34. The van der Waals surface area contributed by atoms with Gasteiger partial charge in [0, 0.05) is 37.9 Å². The molecule has 2 aromatic rings. The Balaban J connectivity index is 1.74. The highest BCUT2D eigenvalue weighted by molar-refractivity contribution is 7.82. The molecule has 134 valence electrons. The van der Waals surface area contributed by atoms with E-state index in [1.807, 2.05) is 41.6 Å². The molecule has 1 aromatic carbocycles. The van der Waals surface area contributed by atoms with Crippen molar-refractivity contribution in [2.45, 2.75) is 11.8 Å². The Kier molecular flexibility index (Phi) is 5.55. The Labute approximate surface area is 151 Å². The molecule has 1 fully saturated rings. The minimum absolute atomic E-state index is 0.629. The molecule has 0 radical (unpaired) electrons. The number of hydrogen-bond acceptors (Lipinski definition) is 5. The molecule has 2 heterocycles. The van der Waals surface area contributed by atoms with Crippen LogP contribution in [-0.2, 0) is 11.0 Å². The first kappa shape index (κ1) is 17.7. The molecule has 0 bridgehead atoms. The van der Waals surface area contributed by atoms with Crippen LogP contribution in [0.4, 0.5) is 5.82 Å². The summed E-state index contributed by atoms with van der Waals surface area (Å²) in [7, 11) is 1.95. The maximum absolute atomic E-state index is 13.1. The topological polar surface area (TPSA) is 54.9 Å². The van der Waals surface area contributed by atoms with E-state index >= 15 is 0 Å². The Morgan fingerprint density at radius 2 is 1.80 bits per heavy atom. The van der Waals surface area contributed by atoms with Crippen molar-refractivity contribution in [1.82, 2.24) is 9.29 Å². The van der Waals surface area contributed by atoms with E-state index in [4.69, 9.17) is 9.47 Å². The van der Waals surface area contributed by atoms with Crippen molar-refractivity contribution in [3.63, 3.8) is 0 Å². The van der Waals surface area contributed by atoms with E-state index in [-0.39, 0.29) is 0 Å². The van der Waals surface area contributed by atoms with Crippen molar-refractivity contribution in [2.75, 3.05) is 45.3 Å². The molecule has 25 heavy (non-hydrogen) atoms. The molecule has 1 saturated heterocycles. The molecule has 0 aliphatic carbocycles. The summed E-state index contributed by atoms with van der Waals surface area (Å²) in [4.78, 5) is 7.29. The summed E-state index contributed by atoms with van der Waals surface area (Å²) in [6, 6.07) is 9.56. The molecule has 0 spiro atoms. The van der Waals surface area contributed by atoms with Crippen molar-refractivity contribution < 1.29 is 13.7 Å². The Morgan fingerprint density at radius 1 is 1.04 bits per heavy atom. The Bertz CT molecular complexity index is 747. The molecular formula is C18H23N3O3S. The average molecular weight is 361 g/mol. The van der Waals surface area contributed by atoms with Crippen molar-refractivity contribution in [1.29, 1.82) is 0 Å². The fourth-order valence-corrected chi connectivity index (χ4v) is 4.38. The number of methoxy groups -OCH3 is 2. The highest BCUT2D eigenvalue weighted by Crippen LogP contribution is 2.34. The predicted molar refractivity (Wildman–Crippen MR) is 98.7 cm³/mol. The van der Waals surface area contributed by atoms with Crippen LogP contribution in [0, 0.1) is 6.92 Å². The maximum atomic E-state index is 13.1. The number of hydrogen-bond donors (Lipinski definition) is 0. The first-order chi connectivity index (χ1) is 12.2. The summed E-state index contributed by atoms with van der Waals surface area (Å²) in [6.07, 6.45) is 1.80. The number of aromatic nitrogens is 1. The van der Waals surface area contributed by atoms with Gasteiger partial charge in [-0.2, -0.15) is 0 Å². The molecule has 0 unspecified atom stereocenters. The second-order valence-electron chi connectivity index (χ2n) is 5.78. The van der Waals surface area contributed by atoms with E-state index in [1.165, 1.54) is 0 Å². The summed E-state index contributed by atoms with van der Waals surface area (Å²) in [5.74, 6) is 2.33. The lowest BCUT2D eigenvalue weighted by atomic mass is 10.2. The van der Waals surface area contributed by atoms with Gasteiger partial charge in [0.05, 0.1) is 19.1 Å². The fraction of sp³-hybridized carbons (Fsp3) is 0.389. The van der Waals surface area contributed by atoms with Crippen LogP contribution in [0.3, 0.4) is 0 Å². The van der Waals surface area contributed by atoms with Crippen LogP contribution in [0.5, 0.6) is 11.5 Å². The van der Waals surface area contributed by atoms with Crippen LogP contribution < -0.4 is 14.4 Å². The van der Waals surface area contributed by atoms with Gasteiger partial charge in [-0.3, -0.25) is 0 Å². The molecule has 0 amide bonds. The van der Waals surface area contributed by atoms with Crippen molar-refractivity contribution in [3.8, 4) is 11.5 Å². The molecule has 0 saturated carbocycles. The van der Waals surface area contributed by atoms with Gasteiger partial charge < -0.3 is 14.4 Å². The third-order valence-corrected chi connectivity index (χ3v) is 5.91. The number of pyridine rings is 1. The number of benzene rings is 1. The minimum Gasteiger partial charge on any atom is -0.496 e. The van der Waals surface area contributed by atoms with Gasteiger partial charge in [-0.15, -0.1) is 0 Å². The normalized spacial score (nSPS) is 16.5. The molecule has 1 aliphatic heterocycles. The smallest absolute Gasteiger partial charge is 0.142 e. The molecule has 0 N–H and O–H groups in total. The van der Waals surface area contributed by atoms with Crippen LogP contribution in [0.15, 0.2) is 41.4 Å². The molecule has 7 heteroatoms. The largest absolute Gasteiger partial charge is 0.496 e. The van der Waals surface area contributed by atoms with Crippen molar-refractivity contribution >= 4 is 16.8 Å². The summed E-state index contributed by atoms with van der Waals surface area (Å²) in [6.45, 7) is 4.91. The van der Waals surface area contributed by atoms with Crippen LogP contribution >= 0.6 is 0 Å². The van der Waals surface area contributed by atoms with Crippen LogP contribution in [0.2, 0.25) is 0 Å². The van der Waals surface area contributed by atoms with Crippen LogP contribution in [0.1, 0.15) is 5.56 Å². The van der Waals surface area contributed by atoms with Gasteiger partial charge >= 0.3 is 0 Å². The zero-order valence-electron chi connectivity index (χ0n) is 14.8. The van der Waals surface area contributed by atoms with Crippen molar-refractivity contribution in [3.05, 3.63) is 42.1 Å². The van der Waals surface area contributed by atoms with E-state index in [2.05, 4.69) is 9.88 Å². The van der Waals surface area contributed by atoms with Crippen molar-refractivity contribution in [2.24, 2.45) is 0 Å². The van der Waals surface area contributed by atoms with E-state index in [0.29, 0.717) is 23.7 Å². The Morgan fingerprint density at radius 3 is 2.40 bits per heavy atom. The predicted octanol–water partition coefficient (Wildman–Crippen LogP) is 2.25. The number of nitrogens with zero attached hydrogens (tertiary/aromatic N) is 3.